The molecule has 2 rings (SSSR count). The highest BCUT2D eigenvalue weighted by Gasteiger charge is 2.22. The summed E-state index contributed by atoms with van der Waals surface area (Å²) in [6, 6.07) is 0. The molecule has 0 aliphatic heterocycles. The quantitative estimate of drug-likeness (QED) is 0.290. The number of hydrogen-bond donors (Lipinski definition) is 4. The summed E-state index contributed by atoms with van der Waals surface area (Å²) in [7, 11) is 0. The molecule has 1 amide bonds. The molecule has 156 valence electrons. The maximum atomic E-state index is 11.3. The fraction of sp³-hybridized carbons (Fsp3) is 0.250. The molecule has 0 saturated heterocycles. The van der Waals surface area contributed by atoms with Crippen LogP contribution >= 0.6 is 23.2 Å². The number of anilines is 2. The van der Waals surface area contributed by atoms with Crippen molar-refractivity contribution in [3.05, 3.63) is 51.2 Å². The monoisotopic (exact) mass is 450 g/mol. The molecule has 0 fully saturated rings. The smallest absolute Gasteiger partial charge is 0.369 e. The third-order valence-corrected chi connectivity index (χ3v) is 3.38. The summed E-state index contributed by atoms with van der Waals surface area (Å²) >= 11 is 10.7. The van der Waals surface area contributed by atoms with E-state index < -0.39 is 48.6 Å². The van der Waals surface area contributed by atoms with Crippen molar-refractivity contribution in [2.24, 2.45) is 5.92 Å². The van der Waals surface area contributed by atoms with E-state index in [9.17, 15) is 34.6 Å². The molecule has 2 heterocycles. The van der Waals surface area contributed by atoms with Crippen LogP contribution in [0.2, 0.25) is 10.3 Å². The molecule has 5 N–H and O–H groups in total. The molecule has 0 aromatic carbocycles. The number of nitro groups is 2. The van der Waals surface area contributed by atoms with Gasteiger partial charge in [0.25, 0.3) is 0 Å². The van der Waals surface area contributed by atoms with Gasteiger partial charge in [-0.25, -0.2) is 0 Å². The number of hydrogen-bond acceptors (Lipinski definition) is 10. The number of aromatic amines is 2. The van der Waals surface area contributed by atoms with Crippen LogP contribution in [0.3, 0.4) is 0 Å². The number of halogens is 2. The summed E-state index contributed by atoms with van der Waals surface area (Å²) in [5.74, 6) is -1.19. The van der Waals surface area contributed by atoms with Gasteiger partial charge in [-0.1, -0.05) is 37.0 Å². The number of carbonyl (C=O) groups excluding carboxylic acids is 1. The Morgan fingerprint density at radius 3 is 1.86 bits per heavy atom. The molecule has 2 aromatic rings. The number of carbonyl (C=O) groups is 1. The van der Waals surface area contributed by atoms with E-state index >= 15 is 0 Å². The first kappa shape index (κ1) is 23.4. The van der Waals surface area contributed by atoms with E-state index in [4.69, 9.17) is 28.9 Å². The third-order valence-electron chi connectivity index (χ3n) is 2.85. The van der Waals surface area contributed by atoms with Gasteiger partial charge in [0.2, 0.25) is 28.1 Å². The minimum absolute atomic E-state index is 0.218. The van der Waals surface area contributed by atoms with E-state index in [0.29, 0.717) is 0 Å². The lowest BCUT2D eigenvalue weighted by Crippen LogP contribution is -2.23. The first-order valence-corrected chi connectivity index (χ1v) is 8.05. The summed E-state index contributed by atoms with van der Waals surface area (Å²) in [6.07, 6.45) is 0. The summed E-state index contributed by atoms with van der Waals surface area (Å²) in [5.41, 5.74) is 1.42. The molecule has 0 unspecified atom stereocenters. The van der Waals surface area contributed by atoms with E-state index in [-0.39, 0.29) is 17.8 Å². The van der Waals surface area contributed by atoms with Crippen LogP contribution in [0, 0.1) is 26.1 Å². The first-order chi connectivity index (χ1) is 13.3. The van der Waals surface area contributed by atoms with E-state index in [2.05, 4.69) is 20.3 Å². The number of nitrogens with zero attached hydrogens (tertiary/aromatic N) is 4. The Morgan fingerprint density at radius 1 is 1.03 bits per heavy atom. The predicted octanol–water partition coefficient (Wildman–Crippen LogP) is 0.840. The molecule has 17 heteroatoms. The van der Waals surface area contributed by atoms with Crippen molar-refractivity contribution in [2.75, 3.05) is 11.1 Å². The highest BCUT2D eigenvalue weighted by Crippen LogP contribution is 2.17. The molecule has 0 spiro atoms. The minimum atomic E-state index is -1.02. The Bertz CT molecular complexity index is 1080. The Morgan fingerprint density at radius 2 is 1.48 bits per heavy atom. The maximum Gasteiger partial charge on any atom is 0.370 e. The van der Waals surface area contributed by atoms with Crippen molar-refractivity contribution in [1.82, 2.24) is 19.9 Å². The fourth-order valence-electron chi connectivity index (χ4n) is 1.53. The minimum Gasteiger partial charge on any atom is -0.369 e. The van der Waals surface area contributed by atoms with Crippen LogP contribution in [0.5, 0.6) is 0 Å². The Labute approximate surface area is 169 Å². The van der Waals surface area contributed by atoms with Crippen LogP contribution < -0.4 is 22.2 Å². The second-order valence-corrected chi connectivity index (χ2v) is 6.02. The van der Waals surface area contributed by atoms with E-state index in [1.165, 1.54) is 0 Å². The molecule has 15 nitrogen and oxygen atoms in total. The van der Waals surface area contributed by atoms with Crippen molar-refractivity contribution in [3.63, 3.8) is 0 Å². The zero-order chi connectivity index (χ0) is 22.5. The number of H-pyrrole nitrogens is 2. The zero-order valence-corrected chi connectivity index (χ0v) is 16.1. The molecular formula is C12H12Cl2N8O7. The van der Waals surface area contributed by atoms with Crippen molar-refractivity contribution < 1.29 is 14.6 Å². The molecule has 0 saturated carbocycles. The normalized spacial score (nSPS) is 10.1. The largest absolute Gasteiger partial charge is 0.370 e. The Balaban J connectivity index is 0.000000308. The highest BCUT2D eigenvalue weighted by atomic mass is 35.5. The molecule has 0 aliphatic carbocycles. The van der Waals surface area contributed by atoms with E-state index in [1.807, 2.05) is 4.98 Å². The average Bonchev–Trinajstić information content (AvgIpc) is 2.52. The summed E-state index contributed by atoms with van der Waals surface area (Å²) in [4.78, 5) is 63.0. The molecular weight excluding hydrogens is 439 g/mol. The SMILES string of the molecule is CC(C)C(=O)Nc1nc(Cl)c([N+](=O)[O-])c(=O)[nH]1.Nc1nc(Cl)c([N+](=O)[O-])c(=O)[nH]1. The average molecular weight is 451 g/mol. The predicted molar refractivity (Wildman–Crippen MR) is 101 cm³/mol. The van der Waals surface area contributed by atoms with Crippen LogP contribution in [-0.2, 0) is 4.79 Å². The van der Waals surface area contributed by atoms with Crippen molar-refractivity contribution >= 4 is 52.4 Å². The third kappa shape index (κ3) is 6.22. The summed E-state index contributed by atoms with van der Waals surface area (Å²) in [6.45, 7) is 3.28. The van der Waals surface area contributed by atoms with Crippen LogP contribution in [0.25, 0.3) is 0 Å². The van der Waals surface area contributed by atoms with Gasteiger partial charge in [0, 0.05) is 5.92 Å². The summed E-state index contributed by atoms with van der Waals surface area (Å²) < 4.78 is 0. The first-order valence-electron chi connectivity index (χ1n) is 7.29. The molecule has 29 heavy (non-hydrogen) atoms. The second kappa shape index (κ2) is 9.56. The van der Waals surface area contributed by atoms with Gasteiger partial charge in [-0.2, -0.15) is 9.97 Å². The van der Waals surface area contributed by atoms with Crippen molar-refractivity contribution in [3.8, 4) is 0 Å². The van der Waals surface area contributed by atoms with Gasteiger partial charge in [0.15, 0.2) is 0 Å². The lowest BCUT2D eigenvalue weighted by molar-refractivity contribution is -0.386. The van der Waals surface area contributed by atoms with Crippen molar-refractivity contribution in [2.45, 2.75) is 13.8 Å². The fourth-order valence-corrected chi connectivity index (χ4v) is 2.02. The number of nitrogens with one attached hydrogen (secondary N) is 3. The van der Waals surface area contributed by atoms with Gasteiger partial charge >= 0.3 is 22.5 Å². The molecule has 0 atom stereocenters. The second-order valence-electron chi connectivity index (χ2n) is 5.30. The topological polar surface area (TPSA) is 233 Å². The van der Waals surface area contributed by atoms with Crippen LogP contribution in [-0.4, -0.2) is 35.7 Å². The number of nitrogen functional groups attached to an aromatic ring is 1. The lowest BCUT2D eigenvalue weighted by Gasteiger charge is -2.06. The van der Waals surface area contributed by atoms with Crippen LogP contribution in [0.15, 0.2) is 9.59 Å². The van der Waals surface area contributed by atoms with Gasteiger partial charge in [-0.15, -0.1) is 0 Å². The van der Waals surface area contributed by atoms with Gasteiger partial charge < -0.3 is 5.73 Å². The van der Waals surface area contributed by atoms with Gasteiger partial charge in [0.1, 0.15) is 0 Å². The number of rotatable bonds is 4. The number of amides is 1. The standard InChI is InChI=1S/C8H9ClN4O4.C4H3ClN4O3/c1-3(2)6(14)11-8-10-5(9)4(13(16)17)7(15)12-8;5-2-1(9(11)12)3(10)8-4(6)7-2/h3H,1-2H3,(H2,10,11,12,14,15);(H3,6,7,8,10). The van der Waals surface area contributed by atoms with Crippen LogP contribution in [0.1, 0.15) is 13.8 Å². The van der Waals surface area contributed by atoms with Crippen LogP contribution in [0.4, 0.5) is 23.3 Å². The maximum absolute atomic E-state index is 11.3. The number of aromatic nitrogens is 4. The van der Waals surface area contributed by atoms with Gasteiger partial charge in [-0.3, -0.25) is 49.9 Å². The molecule has 0 aliphatic rings. The number of nitrogens with two attached hydrogens (primary N) is 1. The Hall–Kier alpha value is -3.59. The molecule has 2 aromatic heterocycles. The highest BCUT2D eigenvalue weighted by molar-refractivity contribution is 6.31. The molecule has 0 bridgehead atoms. The zero-order valence-electron chi connectivity index (χ0n) is 14.6. The Kier molecular flexibility index (Phi) is 7.73. The van der Waals surface area contributed by atoms with Gasteiger partial charge in [0.05, 0.1) is 9.85 Å². The van der Waals surface area contributed by atoms with E-state index in [0.717, 1.165) is 0 Å². The lowest BCUT2D eigenvalue weighted by atomic mass is 10.2. The van der Waals surface area contributed by atoms with E-state index in [1.54, 1.807) is 13.8 Å². The van der Waals surface area contributed by atoms with Crippen molar-refractivity contribution in [1.29, 1.82) is 0 Å². The summed E-state index contributed by atoms with van der Waals surface area (Å²) in [5, 5.41) is 21.8. The molecule has 0 radical (unpaired) electrons. The van der Waals surface area contributed by atoms with Gasteiger partial charge in [-0.05, 0) is 0 Å².